The second kappa shape index (κ2) is 35.4. The summed E-state index contributed by atoms with van der Waals surface area (Å²) in [5, 5.41) is 12.7. The van der Waals surface area contributed by atoms with Crippen molar-refractivity contribution in [1.29, 1.82) is 0 Å². The number of amides is 2. The number of rotatable bonds is 17. The van der Waals surface area contributed by atoms with E-state index in [0.29, 0.717) is 84.3 Å². The third-order valence-electron chi connectivity index (χ3n) is 17.6. The number of H-pyrrole nitrogens is 3. The summed E-state index contributed by atoms with van der Waals surface area (Å²) in [4.78, 5) is 72.9. The Kier molecular flexibility index (Phi) is 25.8. The normalized spacial score (nSPS) is 10.9. The highest BCUT2D eigenvalue weighted by Gasteiger charge is 2.17. The molecule has 0 atom stereocenters. The van der Waals surface area contributed by atoms with Gasteiger partial charge in [0.15, 0.2) is 0 Å². The molecule has 540 valence electrons. The van der Waals surface area contributed by atoms with Gasteiger partial charge in [-0.05, 0) is 163 Å². The molecule has 0 aliphatic carbocycles. The van der Waals surface area contributed by atoms with Crippen molar-refractivity contribution in [2.45, 2.75) is 93.8 Å². The number of fused-ring (bicyclic) bond motifs is 6. The number of ether oxygens (including phenoxy) is 1. The molecule has 22 heteroatoms. The van der Waals surface area contributed by atoms with Crippen molar-refractivity contribution in [1.82, 2.24) is 55.5 Å². The molecule has 0 aliphatic heterocycles. The Hall–Kier alpha value is -11.4. The number of nitrogens with two attached hydrogens (primary N) is 1. The van der Waals surface area contributed by atoms with Crippen molar-refractivity contribution in [3.05, 3.63) is 318 Å². The summed E-state index contributed by atoms with van der Waals surface area (Å²) in [5.74, 6) is -2.04. The molecular formula is C84H78Cl3F3N12O4. The average molecular weight is 1480 g/mol. The number of nitrogens with one attached hydrogen (secondary N) is 5. The predicted octanol–water partition coefficient (Wildman–Crippen LogP) is 19.2. The molecule has 2 amide bonds. The predicted molar refractivity (Wildman–Crippen MR) is 419 cm³/mol. The molecule has 0 spiro atoms. The molecule has 0 saturated heterocycles. The molecule has 7 N–H and O–H groups in total. The van der Waals surface area contributed by atoms with Gasteiger partial charge in [0.25, 0.3) is 11.8 Å². The molecule has 0 fully saturated rings. The van der Waals surface area contributed by atoms with E-state index in [0.717, 1.165) is 119 Å². The molecule has 6 aromatic carbocycles. The van der Waals surface area contributed by atoms with E-state index in [-0.39, 0.29) is 58.1 Å². The molecular weight excluding hydrogens is 1400 g/mol. The van der Waals surface area contributed by atoms with E-state index in [9.17, 15) is 27.6 Å². The minimum absolute atomic E-state index is 0. The van der Waals surface area contributed by atoms with Crippen LogP contribution in [0.25, 0.3) is 65.4 Å². The van der Waals surface area contributed by atoms with Crippen LogP contribution >= 0.6 is 34.8 Å². The van der Waals surface area contributed by atoms with Crippen LogP contribution in [-0.4, -0.2) is 69.7 Å². The number of nitrogens with zero attached hydrogens (tertiary/aromatic N) is 6. The van der Waals surface area contributed by atoms with Crippen LogP contribution in [0, 0.1) is 17.5 Å². The van der Waals surface area contributed by atoms with Gasteiger partial charge in [-0.1, -0.05) is 107 Å². The zero-order valence-electron chi connectivity index (χ0n) is 57.1. The molecule has 15 rings (SSSR count). The number of benzene rings is 6. The number of carbonyl (C=O) groups excluding carboxylic acids is 3. The number of aromatic nitrogens is 9. The van der Waals surface area contributed by atoms with Crippen molar-refractivity contribution >= 4 is 118 Å². The van der Waals surface area contributed by atoms with E-state index in [4.69, 9.17) is 45.3 Å². The van der Waals surface area contributed by atoms with Crippen molar-refractivity contribution in [3.8, 4) is 0 Å². The molecule has 0 radical (unpaired) electrons. The number of aryl methyl sites for hydroxylation is 3. The topological polar surface area (TPSA) is 235 Å². The van der Waals surface area contributed by atoms with E-state index >= 15 is 0 Å². The van der Waals surface area contributed by atoms with Crippen LogP contribution in [0.3, 0.4) is 0 Å². The van der Waals surface area contributed by atoms with Crippen LogP contribution in [0.1, 0.15) is 134 Å². The van der Waals surface area contributed by atoms with Gasteiger partial charge in [-0.15, -0.1) is 0 Å². The molecule has 0 aliphatic rings. The Morgan fingerprint density at radius 2 is 0.755 bits per heavy atom. The fourth-order valence-electron chi connectivity index (χ4n) is 11.9. The number of aromatic amines is 3. The number of methoxy groups -OCH3 is 1. The van der Waals surface area contributed by atoms with E-state index in [1.807, 2.05) is 42.5 Å². The molecule has 106 heavy (non-hydrogen) atoms. The van der Waals surface area contributed by atoms with Crippen molar-refractivity contribution in [2.24, 2.45) is 5.73 Å². The first-order valence-corrected chi connectivity index (χ1v) is 34.7. The lowest BCUT2D eigenvalue weighted by molar-refractivity contribution is 0.0600. The Morgan fingerprint density at radius 3 is 1.09 bits per heavy atom. The smallest absolute Gasteiger partial charge is 0.337 e. The summed E-state index contributed by atoms with van der Waals surface area (Å²) in [6.07, 6.45) is 14.3. The first-order valence-electron chi connectivity index (χ1n) is 33.6. The van der Waals surface area contributed by atoms with E-state index in [2.05, 4.69) is 125 Å². The maximum atomic E-state index is 14.4. The molecule has 0 saturated carbocycles. The Labute approximate surface area is 626 Å². The highest BCUT2D eigenvalue weighted by Crippen LogP contribution is 2.30. The monoisotopic (exact) mass is 1480 g/mol. The van der Waals surface area contributed by atoms with Gasteiger partial charge in [0.05, 0.1) is 44.3 Å². The highest BCUT2D eigenvalue weighted by molar-refractivity contribution is 6.36. The molecule has 0 bridgehead atoms. The molecule has 16 nitrogen and oxygen atoms in total. The number of pyridine rings is 6. The van der Waals surface area contributed by atoms with Gasteiger partial charge in [-0.25, -0.2) is 18.0 Å². The zero-order valence-corrected chi connectivity index (χ0v) is 59.3. The van der Waals surface area contributed by atoms with Gasteiger partial charge in [0.1, 0.15) is 17.5 Å². The number of hydrogen-bond donors (Lipinski definition) is 6. The van der Waals surface area contributed by atoms with Crippen molar-refractivity contribution in [3.63, 3.8) is 0 Å². The average Bonchev–Trinajstić information content (AvgIpc) is 1.53. The van der Waals surface area contributed by atoms with Gasteiger partial charge in [0, 0.05) is 187 Å². The molecule has 0 unspecified atom stereocenters. The van der Waals surface area contributed by atoms with E-state index in [1.54, 1.807) is 91.8 Å². The number of esters is 1. The van der Waals surface area contributed by atoms with Crippen LogP contribution in [0.4, 0.5) is 13.2 Å². The first-order chi connectivity index (χ1) is 50.4. The lowest BCUT2D eigenvalue weighted by atomic mass is 10.0. The van der Waals surface area contributed by atoms with Gasteiger partial charge in [0.2, 0.25) is 0 Å². The van der Waals surface area contributed by atoms with Crippen molar-refractivity contribution < 1.29 is 32.3 Å². The lowest BCUT2D eigenvalue weighted by Crippen LogP contribution is -2.23. The number of halogens is 6. The van der Waals surface area contributed by atoms with E-state index < -0.39 is 11.6 Å². The van der Waals surface area contributed by atoms with Crippen LogP contribution in [0.5, 0.6) is 0 Å². The van der Waals surface area contributed by atoms with Gasteiger partial charge < -0.3 is 36.1 Å². The third kappa shape index (κ3) is 18.8. The number of carbonyl (C=O) groups is 3. The van der Waals surface area contributed by atoms with Gasteiger partial charge in [-0.3, -0.25) is 39.5 Å². The summed E-state index contributed by atoms with van der Waals surface area (Å²) in [6, 6.07) is 50.3. The summed E-state index contributed by atoms with van der Waals surface area (Å²) in [6.45, 7) is 6.56. The largest absolute Gasteiger partial charge is 0.465 e. The van der Waals surface area contributed by atoms with Crippen molar-refractivity contribution in [2.75, 3.05) is 7.11 Å². The Balaban J connectivity index is 0.000000158. The Bertz CT molecular complexity index is 5460. The summed E-state index contributed by atoms with van der Waals surface area (Å²) in [7, 11) is 1.38. The van der Waals surface area contributed by atoms with Crippen LogP contribution in [-0.2, 0) is 62.9 Å². The zero-order chi connectivity index (χ0) is 73.0. The summed E-state index contributed by atoms with van der Waals surface area (Å²) in [5.41, 5.74) is 21.8. The SMILES string of the molecule is C.C.CCc1ccc2cc(Cc3cc(C(=O)NCc4cc5c(Cl)c[nH]c5cc4F)ccn3)ccc2n1.CCc1ccc2cc(Cc3cc(C(=O)NCc4cc5c(Cl)c[nH]c5cc4F)ccn3)ccc2n1.CCc1ccc2cc(Cc3cc(C(=O)OC)ccn3)ccc2n1.NCc1cc2c(Cl)c[nH]c2cc1F. The first kappa shape index (κ1) is 77.3. The quantitative estimate of drug-likeness (QED) is 0.0469. The standard InChI is InChI=1S/2C27H22ClFN4O.C19H18N2O2.C9H8ClFN2.2CH4/c2*1-2-20-5-4-17-9-16(3-6-25(17)33-20)10-21-11-18(7-8-30-21)27(34)32-14-19-12-22-23(28)15-31-26(22)13-24(19)29;1-3-16-6-5-14-10-13(4-7-18(14)21-16)11-17-12-15(8-9-20-17)19(22)23-2;10-7-4-13-9-2-8(11)5(3-12)1-6(7)9;;/h2*3-9,11-13,15,31H,2,10,14H2,1H3,(H,32,34);4-10,12H,3,11H2,1-2H3;1-2,4,13H,3,12H2;2*1H4. The minimum Gasteiger partial charge on any atom is -0.465 e. The highest BCUT2D eigenvalue weighted by atomic mass is 35.5. The maximum absolute atomic E-state index is 14.4. The maximum Gasteiger partial charge on any atom is 0.337 e. The van der Waals surface area contributed by atoms with Crippen LogP contribution < -0.4 is 16.4 Å². The Morgan fingerprint density at radius 1 is 0.425 bits per heavy atom. The summed E-state index contributed by atoms with van der Waals surface area (Å²) < 4.78 is 46.8. The fourth-order valence-corrected chi connectivity index (χ4v) is 12.5. The second-order valence-corrected chi connectivity index (χ2v) is 25.8. The fraction of sp³-hybridized carbons (Fsp3) is 0.179. The van der Waals surface area contributed by atoms with Crippen LogP contribution in [0.15, 0.2) is 201 Å². The summed E-state index contributed by atoms with van der Waals surface area (Å²) >= 11 is 18.1. The van der Waals surface area contributed by atoms with Gasteiger partial charge >= 0.3 is 5.97 Å². The second-order valence-electron chi connectivity index (χ2n) is 24.6. The number of hydrogen-bond acceptors (Lipinski definition) is 11. The molecule has 9 aromatic heterocycles. The minimum atomic E-state index is -0.404. The molecule has 9 heterocycles. The molecule has 15 aromatic rings. The van der Waals surface area contributed by atoms with Gasteiger partial charge in [-0.2, -0.15) is 0 Å². The van der Waals surface area contributed by atoms with E-state index in [1.165, 1.54) is 25.3 Å². The van der Waals surface area contributed by atoms with Crippen LogP contribution in [0.2, 0.25) is 15.1 Å². The third-order valence-corrected chi connectivity index (χ3v) is 18.5. The lowest BCUT2D eigenvalue weighted by Gasteiger charge is -2.09.